The summed E-state index contributed by atoms with van der Waals surface area (Å²) in [6.45, 7) is 5.40. The lowest BCUT2D eigenvalue weighted by Gasteiger charge is -2.23. The summed E-state index contributed by atoms with van der Waals surface area (Å²) >= 11 is 0. The van der Waals surface area contributed by atoms with E-state index in [0.29, 0.717) is 37.6 Å². The number of aryl methyl sites for hydroxylation is 1. The topological polar surface area (TPSA) is 59.1 Å². The highest BCUT2D eigenvalue weighted by atomic mass is 16.5. The van der Waals surface area contributed by atoms with Crippen LogP contribution in [0.5, 0.6) is 11.5 Å². The van der Waals surface area contributed by atoms with Crippen LogP contribution < -0.4 is 14.4 Å². The van der Waals surface area contributed by atoms with E-state index in [4.69, 9.17) is 9.47 Å². The third kappa shape index (κ3) is 5.17. The van der Waals surface area contributed by atoms with Crippen LogP contribution >= 0.6 is 0 Å². The number of fused-ring (bicyclic) bond motifs is 1. The van der Waals surface area contributed by atoms with Gasteiger partial charge in [-0.05, 0) is 61.0 Å². The van der Waals surface area contributed by atoms with Crippen molar-refractivity contribution in [3.63, 3.8) is 0 Å². The second-order valence-corrected chi connectivity index (χ2v) is 8.19. The molecule has 0 aromatic heterocycles. The van der Waals surface area contributed by atoms with E-state index in [2.05, 4.69) is 0 Å². The minimum absolute atomic E-state index is 0.0265. The van der Waals surface area contributed by atoms with Crippen LogP contribution in [0.25, 0.3) is 0 Å². The van der Waals surface area contributed by atoms with Crippen molar-refractivity contribution in [3.8, 4) is 11.5 Å². The van der Waals surface area contributed by atoms with Crippen LogP contribution in [0.2, 0.25) is 0 Å². The van der Waals surface area contributed by atoms with E-state index in [1.165, 1.54) is 0 Å². The minimum Gasteiger partial charge on any atom is -0.497 e. The number of methoxy groups -OCH3 is 1. The molecule has 1 heterocycles. The van der Waals surface area contributed by atoms with Gasteiger partial charge in [0.15, 0.2) is 0 Å². The summed E-state index contributed by atoms with van der Waals surface area (Å²) in [5.74, 6) is 1.41. The van der Waals surface area contributed by atoms with Gasteiger partial charge in [0.2, 0.25) is 5.91 Å². The summed E-state index contributed by atoms with van der Waals surface area (Å²) in [5, 5.41) is 0. The third-order valence-electron chi connectivity index (χ3n) is 5.80. The van der Waals surface area contributed by atoms with Gasteiger partial charge in [0.05, 0.1) is 20.2 Å². The van der Waals surface area contributed by atoms with Gasteiger partial charge in [0, 0.05) is 30.3 Å². The van der Waals surface area contributed by atoms with Crippen LogP contribution in [0.4, 0.5) is 5.69 Å². The van der Waals surface area contributed by atoms with E-state index in [-0.39, 0.29) is 11.8 Å². The Balaban J connectivity index is 1.55. The summed E-state index contributed by atoms with van der Waals surface area (Å²) < 4.78 is 11.1. The number of hydrogen-bond donors (Lipinski definition) is 0. The van der Waals surface area contributed by atoms with E-state index in [9.17, 15) is 9.59 Å². The fraction of sp³-hybridized carbons (Fsp3) is 0.259. The second kappa shape index (κ2) is 9.77. The van der Waals surface area contributed by atoms with Gasteiger partial charge in [-0.1, -0.05) is 23.8 Å². The van der Waals surface area contributed by atoms with Crippen LogP contribution in [0.3, 0.4) is 0 Å². The average molecular weight is 445 g/mol. The fourth-order valence-electron chi connectivity index (χ4n) is 3.93. The highest BCUT2D eigenvalue weighted by molar-refractivity contribution is 5.94. The zero-order valence-corrected chi connectivity index (χ0v) is 19.2. The predicted molar refractivity (Wildman–Crippen MR) is 128 cm³/mol. The molecule has 3 aromatic carbocycles. The summed E-state index contributed by atoms with van der Waals surface area (Å²) in [5.41, 5.74) is 4.52. The van der Waals surface area contributed by atoms with Crippen molar-refractivity contribution in [1.82, 2.24) is 4.90 Å². The summed E-state index contributed by atoms with van der Waals surface area (Å²) in [6.07, 6.45) is 0. The maximum atomic E-state index is 13.1. The summed E-state index contributed by atoms with van der Waals surface area (Å²) in [4.78, 5) is 29.0. The molecule has 0 spiro atoms. The van der Waals surface area contributed by atoms with Gasteiger partial charge in [0.1, 0.15) is 18.1 Å². The van der Waals surface area contributed by atoms with Crippen molar-refractivity contribution in [2.75, 3.05) is 25.2 Å². The molecule has 6 heteroatoms. The highest BCUT2D eigenvalue weighted by Crippen LogP contribution is 2.27. The first kappa shape index (κ1) is 22.4. The molecule has 0 bridgehead atoms. The smallest absolute Gasteiger partial charge is 0.254 e. The molecule has 0 radical (unpaired) electrons. The molecule has 0 unspecified atom stereocenters. The molecule has 0 aliphatic carbocycles. The molecular weight excluding hydrogens is 416 g/mol. The maximum absolute atomic E-state index is 13.1. The largest absolute Gasteiger partial charge is 0.497 e. The first-order valence-electron chi connectivity index (χ1n) is 11.0. The monoisotopic (exact) mass is 444 g/mol. The predicted octanol–water partition coefficient (Wildman–Crippen LogP) is 4.59. The number of amides is 2. The van der Waals surface area contributed by atoms with Gasteiger partial charge >= 0.3 is 0 Å². The number of carbonyl (C=O) groups excluding carboxylic acids is 2. The molecular formula is C27H28N2O4. The number of rotatable bonds is 5. The van der Waals surface area contributed by atoms with Gasteiger partial charge in [0.25, 0.3) is 5.91 Å². The molecule has 4 rings (SSSR count). The molecule has 0 saturated carbocycles. The van der Waals surface area contributed by atoms with Crippen molar-refractivity contribution in [2.45, 2.75) is 26.9 Å². The molecule has 1 aliphatic rings. The van der Waals surface area contributed by atoms with Crippen LogP contribution in [-0.2, 0) is 17.9 Å². The van der Waals surface area contributed by atoms with E-state index in [0.717, 1.165) is 28.1 Å². The standard InChI is InChI=1S/C27H28N2O4/c1-19-4-9-24(10-5-19)29(20(2)30)17-21-6-13-26-23(16-21)18-28(14-15-33-26)27(31)22-7-11-25(32-3)12-8-22/h4-13,16H,14-15,17-18H2,1-3H3. The quantitative estimate of drug-likeness (QED) is 0.578. The number of nitrogens with zero attached hydrogens (tertiary/aromatic N) is 2. The molecule has 2 amide bonds. The minimum atomic E-state index is -0.0514. The Morgan fingerprint density at radius 3 is 2.42 bits per heavy atom. The lowest BCUT2D eigenvalue weighted by molar-refractivity contribution is -0.116. The zero-order valence-electron chi connectivity index (χ0n) is 19.2. The molecule has 6 nitrogen and oxygen atoms in total. The van der Waals surface area contributed by atoms with Gasteiger partial charge in [-0.15, -0.1) is 0 Å². The van der Waals surface area contributed by atoms with Crippen molar-refractivity contribution < 1.29 is 19.1 Å². The molecule has 33 heavy (non-hydrogen) atoms. The van der Waals surface area contributed by atoms with Gasteiger partial charge in [-0.25, -0.2) is 0 Å². The number of hydrogen-bond acceptors (Lipinski definition) is 4. The van der Waals surface area contributed by atoms with Crippen LogP contribution in [0, 0.1) is 6.92 Å². The first-order valence-corrected chi connectivity index (χ1v) is 11.0. The van der Waals surface area contributed by atoms with E-state index in [1.807, 2.05) is 49.4 Å². The lowest BCUT2D eigenvalue weighted by atomic mass is 10.1. The summed E-state index contributed by atoms with van der Waals surface area (Å²) in [7, 11) is 1.60. The van der Waals surface area contributed by atoms with Crippen molar-refractivity contribution in [2.24, 2.45) is 0 Å². The third-order valence-corrected chi connectivity index (χ3v) is 5.80. The molecule has 0 saturated heterocycles. The number of benzene rings is 3. The Bertz CT molecular complexity index is 1140. The normalized spacial score (nSPS) is 12.9. The Morgan fingerprint density at radius 1 is 1.03 bits per heavy atom. The van der Waals surface area contributed by atoms with Gasteiger partial charge in [-0.2, -0.15) is 0 Å². The van der Waals surface area contributed by atoms with Crippen LogP contribution in [0.1, 0.15) is 34.0 Å². The van der Waals surface area contributed by atoms with E-state index < -0.39 is 0 Å². The lowest BCUT2D eigenvalue weighted by Crippen LogP contribution is -2.32. The molecule has 170 valence electrons. The fourth-order valence-corrected chi connectivity index (χ4v) is 3.93. The summed E-state index contributed by atoms with van der Waals surface area (Å²) in [6, 6.07) is 21.0. The maximum Gasteiger partial charge on any atom is 0.254 e. The highest BCUT2D eigenvalue weighted by Gasteiger charge is 2.22. The molecule has 0 atom stereocenters. The first-order chi connectivity index (χ1) is 15.9. The van der Waals surface area contributed by atoms with Crippen molar-refractivity contribution in [1.29, 1.82) is 0 Å². The molecule has 3 aromatic rings. The second-order valence-electron chi connectivity index (χ2n) is 8.19. The Morgan fingerprint density at radius 2 is 1.76 bits per heavy atom. The SMILES string of the molecule is COc1ccc(C(=O)N2CCOc3ccc(CN(C(C)=O)c4ccc(C)cc4)cc3C2)cc1. The molecule has 0 fully saturated rings. The van der Waals surface area contributed by atoms with Gasteiger partial charge in [-0.3, -0.25) is 9.59 Å². The van der Waals surface area contributed by atoms with Crippen LogP contribution in [0.15, 0.2) is 66.7 Å². The van der Waals surface area contributed by atoms with E-state index >= 15 is 0 Å². The van der Waals surface area contributed by atoms with Crippen molar-refractivity contribution >= 4 is 17.5 Å². The molecule has 1 aliphatic heterocycles. The number of anilines is 1. The zero-order chi connectivity index (χ0) is 23.4. The van der Waals surface area contributed by atoms with E-state index in [1.54, 1.807) is 48.1 Å². The Kier molecular flexibility index (Phi) is 6.63. The Labute approximate surface area is 194 Å². The van der Waals surface area contributed by atoms with Crippen LogP contribution in [-0.4, -0.2) is 37.0 Å². The Hall–Kier alpha value is -3.80. The van der Waals surface area contributed by atoms with Gasteiger partial charge < -0.3 is 19.3 Å². The number of ether oxygens (including phenoxy) is 2. The van der Waals surface area contributed by atoms with Crippen molar-refractivity contribution in [3.05, 3.63) is 89.0 Å². The number of carbonyl (C=O) groups is 2. The molecule has 0 N–H and O–H groups in total. The average Bonchev–Trinajstić information content (AvgIpc) is 3.04.